The Hall–Kier alpha value is -1.79. The van der Waals surface area contributed by atoms with Gasteiger partial charge in [-0.25, -0.2) is 9.07 Å². The molecule has 106 valence electrons. The molecule has 2 heterocycles. The van der Waals surface area contributed by atoms with Gasteiger partial charge in [0, 0.05) is 25.8 Å². The Morgan fingerprint density at radius 2 is 2.30 bits per heavy atom. The van der Waals surface area contributed by atoms with Gasteiger partial charge in [-0.05, 0) is 24.1 Å². The number of hydrogen-bond acceptors (Lipinski definition) is 4. The standard InChI is InChI=1S/C14H17FN4O/c15-13-3-1-2-12(8-13)9-18-6-4-14(20,10-18)11-19-7-5-16-17-19/h1-3,5,7-8,20H,4,6,9-11H2. The molecule has 3 rings (SSSR count). The van der Waals surface area contributed by atoms with Crippen molar-refractivity contribution in [3.8, 4) is 0 Å². The van der Waals surface area contributed by atoms with Crippen LogP contribution in [0.3, 0.4) is 0 Å². The number of halogens is 1. The number of rotatable bonds is 4. The highest BCUT2D eigenvalue weighted by Crippen LogP contribution is 2.24. The Morgan fingerprint density at radius 3 is 3.05 bits per heavy atom. The molecule has 1 unspecified atom stereocenters. The summed E-state index contributed by atoms with van der Waals surface area (Å²) >= 11 is 0. The Bertz CT molecular complexity index is 574. The van der Waals surface area contributed by atoms with E-state index in [1.807, 2.05) is 6.07 Å². The van der Waals surface area contributed by atoms with Gasteiger partial charge in [0.2, 0.25) is 0 Å². The number of β-amino-alcohol motifs (C(OH)–C–C–N with tert-alkyl or cyclic N) is 1. The van der Waals surface area contributed by atoms with Gasteiger partial charge in [0.15, 0.2) is 0 Å². The summed E-state index contributed by atoms with van der Waals surface area (Å²) in [5.74, 6) is -0.223. The van der Waals surface area contributed by atoms with Crippen molar-refractivity contribution in [3.05, 3.63) is 48.0 Å². The van der Waals surface area contributed by atoms with E-state index in [4.69, 9.17) is 0 Å². The molecule has 1 N–H and O–H groups in total. The molecule has 5 nitrogen and oxygen atoms in total. The molecule has 0 saturated carbocycles. The fraction of sp³-hybridized carbons (Fsp3) is 0.429. The first kappa shape index (κ1) is 13.2. The lowest BCUT2D eigenvalue weighted by Gasteiger charge is -2.23. The average Bonchev–Trinajstić information content (AvgIpc) is 3.00. The van der Waals surface area contributed by atoms with Crippen LogP contribution in [0.2, 0.25) is 0 Å². The zero-order chi connectivity index (χ0) is 14.0. The number of aromatic nitrogens is 3. The smallest absolute Gasteiger partial charge is 0.123 e. The Kier molecular flexibility index (Phi) is 3.50. The van der Waals surface area contributed by atoms with E-state index < -0.39 is 5.60 Å². The summed E-state index contributed by atoms with van der Waals surface area (Å²) < 4.78 is 14.8. The van der Waals surface area contributed by atoms with Crippen LogP contribution in [-0.2, 0) is 13.1 Å². The maximum atomic E-state index is 13.2. The lowest BCUT2D eigenvalue weighted by molar-refractivity contribution is 0.0274. The number of likely N-dealkylation sites (tertiary alicyclic amines) is 1. The van der Waals surface area contributed by atoms with Crippen LogP contribution in [-0.4, -0.2) is 43.7 Å². The van der Waals surface area contributed by atoms with Gasteiger partial charge < -0.3 is 5.11 Å². The molecule has 20 heavy (non-hydrogen) atoms. The third-order valence-electron chi connectivity index (χ3n) is 3.63. The molecule has 6 heteroatoms. The van der Waals surface area contributed by atoms with E-state index in [2.05, 4.69) is 15.2 Å². The van der Waals surface area contributed by atoms with Crippen LogP contribution in [0.4, 0.5) is 4.39 Å². The van der Waals surface area contributed by atoms with Crippen LogP contribution in [0.25, 0.3) is 0 Å². The predicted molar refractivity (Wildman–Crippen MR) is 71.3 cm³/mol. The molecule has 0 bridgehead atoms. The van der Waals surface area contributed by atoms with E-state index >= 15 is 0 Å². The van der Waals surface area contributed by atoms with E-state index in [-0.39, 0.29) is 5.82 Å². The largest absolute Gasteiger partial charge is 0.387 e. The Labute approximate surface area is 116 Å². The zero-order valence-corrected chi connectivity index (χ0v) is 11.1. The van der Waals surface area contributed by atoms with Gasteiger partial charge in [-0.3, -0.25) is 4.90 Å². The van der Waals surface area contributed by atoms with Crippen LogP contribution in [0.5, 0.6) is 0 Å². The van der Waals surface area contributed by atoms with Gasteiger partial charge in [0.05, 0.1) is 18.3 Å². The third-order valence-corrected chi connectivity index (χ3v) is 3.63. The maximum Gasteiger partial charge on any atom is 0.123 e. The van der Waals surface area contributed by atoms with E-state index in [0.717, 1.165) is 12.1 Å². The minimum atomic E-state index is -0.791. The highest BCUT2D eigenvalue weighted by Gasteiger charge is 2.36. The molecule has 0 amide bonds. The van der Waals surface area contributed by atoms with Crippen LogP contribution in [0.1, 0.15) is 12.0 Å². The summed E-state index contributed by atoms with van der Waals surface area (Å²) in [6.45, 7) is 2.44. The minimum Gasteiger partial charge on any atom is -0.387 e. The summed E-state index contributed by atoms with van der Waals surface area (Å²) in [5.41, 5.74) is 0.135. The van der Waals surface area contributed by atoms with Gasteiger partial charge in [0.25, 0.3) is 0 Å². The molecule has 1 aromatic carbocycles. The van der Waals surface area contributed by atoms with Gasteiger partial charge in [-0.1, -0.05) is 17.3 Å². The first-order valence-electron chi connectivity index (χ1n) is 6.66. The molecule has 1 aliphatic rings. The van der Waals surface area contributed by atoms with E-state index in [9.17, 15) is 9.50 Å². The SMILES string of the molecule is OC1(Cn2ccnn2)CCN(Cc2cccc(F)c2)C1. The van der Waals surface area contributed by atoms with Crippen LogP contribution in [0, 0.1) is 5.82 Å². The summed E-state index contributed by atoms with van der Waals surface area (Å²) in [4.78, 5) is 2.13. The molecule has 1 aromatic heterocycles. The maximum absolute atomic E-state index is 13.2. The van der Waals surface area contributed by atoms with Crippen LogP contribution in [0.15, 0.2) is 36.7 Å². The average molecular weight is 276 g/mol. The molecule has 1 fully saturated rings. The van der Waals surface area contributed by atoms with Crippen molar-refractivity contribution in [1.82, 2.24) is 19.9 Å². The fourth-order valence-corrected chi connectivity index (χ4v) is 2.72. The van der Waals surface area contributed by atoms with Crippen molar-refractivity contribution >= 4 is 0 Å². The number of aliphatic hydroxyl groups is 1. The quantitative estimate of drug-likeness (QED) is 0.907. The van der Waals surface area contributed by atoms with Crippen molar-refractivity contribution in [3.63, 3.8) is 0 Å². The fourth-order valence-electron chi connectivity index (χ4n) is 2.72. The molecule has 0 aliphatic carbocycles. The minimum absolute atomic E-state index is 0.223. The molecule has 1 aliphatic heterocycles. The number of nitrogens with zero attached hydrogens (tertiary/aromatic N) is 4. The van der Waals surface area contributed by atoms with Crippen molar-refractivity contribution in [2.75, 3.05) is 13.1 Å². The van der Waals surface area contributed by atoms with Gasteiger partial charge >= 0.3 is 0 Å². The van der Waals surface area contributed by atoms with Crippen molar-refractivity contribution < 1.29 is 9.50 Å². The molecule has 1 atom stereocenters. The molecular formula is C14H17FN4O. The lowest BCUT2D eigenvalue weighted by atomic mass is 10.0. The van der Waals surface area contributed by atoms with Crippen LogP contribution < -0.4 is 0 Å². The topological polar surface area (TPSA) is 54.2 Å². The predicted octanol–water partition coefficient (Wildman–Crippen LogP) is 1.05. The first-order valence-corrected chi connectivity index (χ1v) is 6.66. The molecule has 2 aromatic rings. The normalized spacial score (nSPS) is 23.3. The van der Waals surface area contributed by atoms with E-state index in [1.54, 1.807) is 23.1 Å². The van der Waals surface area contributed by atoms with E-state index in [1.165, 1.54) is 12.1 Å². The second-order valence-corrected chi connectivity index (χ2v) is 5.42. The van der Waals surface area contributed by atoms with Gasteiger partial charge in [-0.15, -0.1) is 5.10 Å². The number of benzene rings is 1. The van der Waals surface area contributed by atoms with Crippen LogP contribution >= 0.6 is 0 Å². The second-order valence-electron chi connectivity index (χ2n) is 5.42. The lowest BCUT2D eigenvalue weighted by Crippen LogP contribution is -2.37. The summed E-state index contributed by atoms with van der Waals surface area (Å²) in [7, 11) is 0. The Balaban J connectivity index is 1.61. The third kappa shape index (κ3) is 3.02. The molecular weight excluding hydrogens is 259 g/mol. The molecule has 1 saturated heterocycles. The zero-order valence-electron chi connectivity index (χ0n) is 11.1. The monoisotopic (exact) mass is 276 g/mol. The highest BCUT2D eigenvalue weighted by molar-refractivity contribution is 5.16. The van der Waals surface area contributed by atoms with Crippen molar-refractivity contribution in [1.29, 1.82) is 0 Å². The first-order chi connectivity index (χ1) is 9.63. The number of hydrogen-bond donors (Lipinski definition) is 1. The Morgan fingerprint density at radius 1 is 1.40 bits per heavy atom. The summed E-state index contributed by atoms with van der Waals surface area (Å²) in [6, 6.07) is 6.59. The highest BCUT2D eigenvalue weighted by atomic mass is 19.1. The second kappa shape index (κ2) is 5.30. The summed E-state index contributed by atoms with van der Waals surface area (Å²) in [5, 5.41) is 18.2. The van der Waals surface area contributed by atoms with Gasteiger partial charge in [-0.2, -0.15) is 0 Å². The van der Waals surface area contributed by atoms with Crippen molar-refractivity contribution in [2.24, 2.45) is 0 Å². The summed E-state index contributed by atoms with van der Waals surface area (Å²) in [6.07, 6.45) is 4.03. The molecule has 0 radical (unpaired) electrons. The van der Waals surface area contributed by atoms with E-state index in [0.29, 0.717) is 26.1 Å². The molecule has 0 spiro atoms. The van der Waals surface area contributed by atoms with Crippen molar-refractivity contribution in [2.45, 2.75) is 25.1 Å². The van der Waals surface area contributed by atoms with Gasteiger partial charge in [0.1, 0.15) is 5.82 Å².